The summed E-state index contributed by atoms with van der Waals surface area (Å²) in [5, 5.41) is 9.62. The molecule has 2 heterocycles. The quantitative estimate of drug-likeness (QED) is 0.854. The second-order valence-electron chi connectivity index (χ2n) is 5.54. The number of nitrogens with zero attached hydrogens (tertiary/aromatic N) is 2. The summed E-state index contributed by atoms with van der Waals surface area (Å²) in [6.45, 7) is 1.92. The number of ether oxygens (including phenoxy) is 2. The predicted octanol–water partition coefficient (Wildman–Crippen LogP) is 2.86. The monoisotopic (exact) mass is 347 g/mol. The van der Waals surface area contributed by atoms with Crippen LogP contribution in [0.1, 0.15) is 24.0 Å². The van der Waals surface area contributed by atoms with Gasteiger partial charge in [-0.25, -0.2) is 4.79 Å². The minimum atomic E-state index is -0.711. The fraction of sp³-hybridized carbons (Fsp3) is 0.150. The Morgan fingerprint density at radius 2 is 2.08 bits per heavy atom. The minimum Gasteiger partial charge on any atom is -0.463 e. The van der Waals surface area contributed by atoms with Gasteiger partial charge in [0.2, 0.25) is 5.88 Å². The van der Waals surface area contributed by atoms with E-state index in [2.05, 4.69) is 11.1 Å². The van der Waals surface area contributed by atoms with Crippen LogP contribution in [0.2, 0.25) is 0 Å². The van der Waals surface area contributed by atoms with Crippen molar-refractivity contribution in [2.45, 2.75) is 12.8 Å². The molecule has 0 amide bonds. The second kappa shape index (κ2) is 7.53. The van der Waals surface area contributed by atoms with Gasteiger partial charge in [0.05, 0.1) is 18.1 Å². The molecule has 0 saturated carbocycles. The van der Waals surface area contributed by atoms with Gasteiger partial charge >= 0.3 is 5.97 Å². The first kappa shape index (κ1) is 17.2. The van der Waals surface area contributed by atoms with Gasteiger partial charge in [-0.2, -0.15) is 5.26 Å². The van der Waals surface area contributed by atoms with Crippen molar-refractivity contribution in [3.8, 4) is 6.07 Å². The zero-order chi connectivity index (χ0) is 18.5. The van der Waals surface area contributed by atoms with E-state index >= 15 is 0 Å². The summed E-state index contributed by atoms with van der Waals surface area (Å²) in [7, 11) is 0. The molecule has 2 aromatic rings. The van der Waals surface area contributed by atoms with Gasteiger partial charge in [-0.15, -0.1) is 0 Å². The number of aromatic nitrogens is 1. The molecule has 1 aromatic carbocycles. The number of hydrogen-bond donors (Lipinski definition) is 1. The van der Waals surface area contributed by atoms with Gasteiger partial charge in [0.15, 0.2) is 0 Å². The van der Waals surface area contributed by atoms with Crippen LogP contribution in [0.25, 0.3) is 5.76 Å². The van der Waals surface area contributed by atoms with E-state index in [1.807, 2.05) is 18.2 Å². The largest absolute Gasteiger partial charge is 0.463 e. The number of allylic oxidation sites excluding steroid dienone is 1. The lowest BCUT2D eigenvalue weighted by Crippen LogP contribution is -2.26. The Kier molecular flexibility index (Phi) is 4.99. The van der Waals surface area contributed by atoms with E-state index in [1.54, 1.807) is 43.6 Å². The number of carbonyl (C=O) groups excluding carboxylic acids is 1. The molecule has 26 heavy (non-hydrogen) atoms. The highest BCUT2D eigenvalue weighted by molar-refractivity contribution is 5.99. The second-order valence-corrected chi connectivity index (χ2v) is 5.54. The Morgan fingerprint density at radius 1 is 1.31 bits per heavy atom. The lowest BCUT2D eigenvalue weighted by atomic mass is 9.82. The Balaban J connectivity index is 2.27. The molecule has 0 unspecified atom stereocenters. The Morgan fingerprint density at radius 3 is 2.69 bits per heavy atom. The van der Waals surface area contributed by atoms with Gasteiger partial charge in [0, 0.05) is 18.0 Å². The van der Waals surface area contributed by atoms with Crippen LogP contribution in [0.3, 0.4) is 0 Å². The van der Waals surface area contributed by atoms with Crippen LogP contribution in [0, 0.1) is 11.3 Å². The molecule has 0 radical (unpaired) electrons. The van der Waals surface area contributed by atoms with E-state index < -0.39 is 11.9 Å². The third-order valence-electron chi connectivity index (χ3n) is 3.97. The number of pyridine rings is 1. The molecule has 6 nitrogen and oxygen atoms in total. The summed E-state index contributed by atoms with van der Waals surface area (Å²) in [5.74, 6) is -1.01. The van der Waals surface area contributed by atoms with E-state index in [0.29, 0.717) is 11.1 Å². The maximum Gasteiger partial charge on any atom is 0.338 e. The van der Waals surface area contributed by atoms with Crippen molar-refractivity contribution in [2.24, 2.45) is 5.73 Å². The molecule has 1 aliphatic heterocycles. The first-order valence-corrected chi connectivity index (χ1v) is 8.11. The standard InChI is InChI=1S/C20H17N3O3/c1-2-25-20(24)17-16(14-9-6-10-23-12-14)15(11-21)19(22)26-18(17)13-7-4-3-5-8-13/h3-10,12,16H,2,22H2,1H3/t16-/m1/s1. The van der Waals surface area contributed by atoms with Gasteiger partial charge in [0.25, 0.3) is 0 Å². The van der Waals surface area contributed by atoms with E-state index in [0.717, 1.165) is 0 Å². The Labute approximate surface area is 151 Å². The fourth-order valence-electron chi connectivity index (χ4n) is 2.86. The van der Waals surface area contributed by atoms with Crippen LogP contribution in [0.15, 0.2) is 71.9 Å². The number of nitriles is 1. The number of hydrogen-bond acceptors (Lipinski definition) is 6. The Bertz CT molecular complexity index is 912. The van der Waals surface area contributed by atoms with E-state index in [-0.39, 0.29) is 29.4 Å². The molecule has 0 saturated heterocycles. The predicted molar refractivity (Wildman–Crippen MR) is 94.9 cm³/mol. The summed E-state index contributed by atoms with van der Waals surface area (Å²) >= 11 is 0. The molecular formula is C20H17N3O3. The van der Waals surface area contributed by atoms with E-state index in [4.69, 9.17) is 15.2 Å². The maximum atomic E-state index is 12.8. The number of esters is 1. The van der Waals surface area contributed by atoms with Crippen LogP contribution in [0.4, 0.5) is 0 Å². The van der Waals surface area contributed by atoms with Crippen molar-refractivity contribution >= 4 is 11.7 Å². The van der Waals surface area contributed by atoms with E-state index in [9.17, 15) is 10.1 Å². The number of benzene rings is 1. The summed E-state index contributed by atoms with van der Waals surface area (Å²) in [6.07, 6.45) is 3.22. The SMILES string of the molecule is CCOC(=O)C1=C(c2ccccc2)OC(N)=C(C#N)[C@H]1c1cccnc1. The van der Waals surface area contributed by atoms with Crippen molar-refractivity contribution in [1.29, 1.82) is 5.26 Å². The molecule has 1 atom stereocenters. The number of nitrogens with two attached hydrogens (primary N) is 1. The van der Waals surface area contributed by atoms with Gasteiger partial charge in [-0.3, -0.25) is 4.98 Å². The average Bonchev–Trinajstić information content (AvgIpc) is 2.68. The van der Waals surface area contributed by atoms with Crippen LogP contribution in [-0.4, -0.2) is 17.6 Å². The van der Waals surface area contributed by atoms with Crippen LogP contribution in [-0.2, 0) is 14.3 Å². The summed E-state index contributed by atoms with van der Waals surface area (Å²) in [4.78, 5) is 16.9. The molecule has 1 aromatic heterocycles. The highest BCUT2D eigenvalue weighted by Crippen LogP contribution is 2.42. The van der Waals surface area contributed by atoms with Crippen molar-refractivity contribution < 1.29 is 14.3 Å². The van der Waals surface area contributed by atoms with Gasteiger partial charge in [0.1, 0.15) is 17.4 Å². The van der Waals surface area contributed by atoms with Gasteiger partial charge in [-0.05, 0) is 18.6 Å². The Hall–Kier alpha value is -3.59. The highest BCUT2D eigenvalue weighted by Gasteiger charge is 2.38. The van der Waals surface area contributed by atoms with Gasteiger partial charge in [-0.1, -0.05) is 36.4 Å². The molecular weight excluding hydrogens is 330 g/mol. The highest BCUT2D eigenvalue weighted by atomic mass is 16.5. The normalized spacial score (nSPS) is 16.7. The van der Waals surface area contributed by atoms with Gasteiger partial charge < -0.3 is 15.2 Å². The third kappa shape index (κ3) is 3.15. The van der Waals surface area contributed by atoms with Crippen molar-refractivity contribution in [1.82, 2.24) is 4.98 Å². The maximum absolute atomic E-state index is 12.8. The molecule has 0 spiro atoms. The van der Waals surface area contributed by atoms with Crippen molar-refractivity contribution in [3.05, 3.63) is 83.0 Å². The van der Waals surface area contributed by atoms with Crippen LogP contribution < -0.4 is 5.73 Å². The number of rotatable bonds is 4. The summed E-state index contributed by atoms with van der Waals surface area (Å²) in [6, 6.07) is 14.7. The molecule has 3 rings (SSSR count). The van der Waals surface area contributed by atoms with Crippen LogP contribution in [0.5, 0.6) is 0 Å². The van der Waals surface area contributed by atoms with Crippen molar-refractivity contribution in [2.75, 3.05) is 6.61 Å². The first-order chi connectivity index (χ1) is 12.7. The molecule has 130 valence electrons. The molecule has 0 aliphatic carbocycles. The van der Waals surface area contributed by atoms with Crippen LogP contribution >= 0.6 is 0 Å². The molecule has 6 heteroatoms. The summed E-state index contributed by atoms with van der Waals surface area (Å²) < 4.78 is 10.9. The lowest BCUT2D eigenvalue weighted by molar-refractivity contribution is -0.138. The molecule has 0 bridgehead atoms. The number of carbonyl (C=O) groups is 1. The topological polar surface area (TPSA) is 98.2 Å². The average molecular weight is 347 g/mol. The summed E-state index contributed by atoms with van der Waals surface area (Å²) in [5.41, 5.74) is 7.73. The molecule has 2 N–H and O–H groups in total. The van der Waals surface area contributed by atoms with Crippen molar-refractivity contribution in [3.63, 3.8) is 0 Å². The van der Waals surface area contributed by atoms with E-state index in [1.165, 1.54) is 0 Å². The minimum absolute atomic E-state index is 0.0340. The smallest absolute Gasteiger partial charge is 0.338 e. The zero-order valence-electron chi connectivity index (χ0n) is 14.2. The lowest BCUT2D eigenvalue weighted by Gasteiger charge is -2.28. The first-order valence-electron chi connectivity index (χ1n) is 8.11. The zero-order valence-corrected chi connectivity index (χ0v) is 14.2. The molecule has 1 aliphatic rings. The third-order valence-corrected chi connectivity index (χ3v) is 3.97. The fourth-order valence-corrected chi connectivity index (χ4v) is 2.86. The molecule has 0 fully saturated rings.